The molecule has 0 radical (unpaired) electrons. The number of hydrogen-bond acceptors (Lipinski definition) is 5. The van der Waals surface area contributed by atoms with Crippen molar-refractivity contribution in [2.24, 2.45) is 5.73 Å². The molecule has 2 heterocycles. The first-order valence-corrected chi connectivity index (χ1v) is 7.71. The third kappa shape index (κ3) is 2.76. The number of aromatic nitrogens is 3. The zero-order valence-electron chi connectivity index (χ0n) is 11.2. The number of pyridine rings is 1. The maximum atomic E-state index is 6.49. The molecule has 0 amide bonds. The molecule has 3 rings (SSSR count). The van der Waals surface area contributed by atoms with Crippen LogP contribution in [0.2, 0.25) is 0 Å². The predicted octanol–water partition coefficient (Wildman–Crippen LogP) is 3.40. The van der Waals surface area contributed by atoms with E-state index >= 15 is 0 Å². The molecular weight excluding hydrogens is 320 g/mol. The fraction of sp³-hybridized carbons (Fsp3) is 0.500. The highest BCUT2D eigenvalue weighted by atomic mass is 79.9. The summed E-state index contributed by atoms with van der Waals surface area (Å²) < 4.78 is 6.24. The molecule has 6 heteroatoms. The van der Waals surface area contributed by atoms with Gasteiger partial charge < -0.3 is 10.3 Å². The maximum Gasteiger partial charge on any atom is 0.259 e. The summed E-state index contributed by atoms with van der Waals surface area (Å²) in [6.45, 7) is 0. The highest BCUT2D eigenvalue weighted by Gasteiger charge is 2.33. The Kier molecular flexibility index (Phi) is 3.85. The number of nitrogens with two attached hydrogens (primary N) is 1. The normalized spacial score (nSPS) is 18.7. The molecule has 5 nitrogen and oxygen atoms in total. The molecule has 0 spiro atoms. The third-order valence-electron chi connectivity index (χ3n) is 3.82. The first-order valence-electron chi connectivity index (χ1n) is 6.91. The van der Waals surface area contributed by atoms with E-state index in [2.05, 4.69) is 31.1 Å². The van der Waals surface area contributed by atoms with Gasteiger partial charge in [-0.15, -0.1) is 0 Å². The smallest absolute Gasteiger partial charge is 0.259 e. The van der Waals surface area contributed by atoms with E-state index in [-0.39, 0.29) is 0 Å². The summed E-state index contributed by atoms with van der Waals surface area (Å²) >= 11 is 3.39. The van der Waals surface area contributed by atoms with Crippen LogP contribution in [0.1, 0.15) is 44.3 Å². The van der Waals surface area contributed by atoms with Crippen LogP contribution in [-0.4, -0.2) is 15.1 Å². The Balaban J connectivity index is 1.89. The van der Waals surface area contributed by atoms with Gasteiger partial charge in [0.05, 0.1) is 11.1 Å². The van der Waals surface area contributed by atoms with E-state index in [0.29, 0.717) is 11.7 Å². The molecule has 2 aromatic heterocycles. The summed E-state index contributed by atoms with van der Waals surface area (Å²) in [6.07, 6.45) is 9.98. The summed E-state index contributed by atoms with van der Waals surface area (Å²) in [5, 5.41) is 4.11. The Hall–Kier alpha value is -1.27. The van der Waals surface area contributed by atoms with Crippen LogP contribution in [0.3, 0.4) is 0 Å². The lowest BCUT2D eigenvalue weighted by Gasteiger charge is -2.23. The van der Waals surface area contributed by atoms with Crippen molar-refractivity contribution in [3.63, 3.8) is 0 Å². The topological polar surface area (TPSA) is 77.8 Å². The zero-order valence-corrected chi connectivity index (χ0v) is 12.8. The lowest BCUT2D eigenvalue weighted by atomic mass is 9.91. The molecule has 20 heavy (non-hydrogen) atoms. The van der Waals surface area contributed by atoms with Crippen molar-refractivity contribution in [3.8, 4) is 11.5 Å². The molecule has 0 atom stereocenters. The number of rotatable bonds is 2. The van der Waals surface area contributed by atoms with Crippen molar-refractivity contribution in [1.29, 1.82) is 0 Å². The van der Waals surface area contributed by atoms with Gasteiger partial charge in [0.2, 0.25) is 0 Å². The molecule has 0 aromatic carbocycles. The highest BCUT2D eigenvalue weighted by Crippen LogP contribution is 2.33. The lowest BCUT2D eigenvalue weighted by Crippen LogP contribution is -2.37. The molecule has 0 aliphatic heterocycles. The maximum absolute atomic E-state index is 6.49. The van der Waals surface area contributed by atoms with E-state index in [1.54, 1.807) is 12.4 Å². The molecule has 1 aliphatic carbocycles. The van der Waals surface area contributed by atoms with Crippen LogP contribution in [0.25, 0.3) is 11.5 Å². The van der Waals surface area contributed by atoms with Crippen LogP contribution < -0.4 is 5.73 Å². The number of nitrogens with zero attached hydrogens (tertiary/aromatic N) is 3. The average molecular weight is 337 g/mol. The molecule has 2 N–H and O–H groups in total. The minimum atomic E-state index is -0.447. The van der Waals surface area contributed by atoms with Gasteiger partial charge in [-0.05, 0) is 34.8 Å². The summed E-state index contributed by atoms with van der Waals surface area (Å²) in [5.74, 6) is 1.09. The fourth-order valence-corrected chi connectivity index (χ4v) is 3.02. The van der Waals surface area contributed by atoms with E-state index < -0.39 is 5.54 Å². The van der Waals surface area contributed by atoms with Crippen molar-refractivity contribution in [2.75, 3.05) is 0 Å². The Morgan fingerprint density at radius 1 is 1.15 bits per heavy atom. The molecule has 0 bridgehead atoms. The second-order valence-electron chi connectivity index (χ2n) is 5.39. The number of halogens is 1. The lowest BCUT2D eigenvalue weighted by molar-refractivity contribution is 0.334. The average Bonchev–Trinajstić information content (AvgIpc) is 2.84. The van der Waals surface area contributed by atoms with Crippen LogP contribution >= 0.6 is 15.9 Å². The van der Waals surface area contributed by atoms with E-state index in [1.165, 1.54) is 12.8 Å². The Labute approximate surface area is 126 Å². The summed E-state index contributed by atoms with van der Waals surface area (Å²) in [7, 11) is 0. The standard InChI is InChI=1S/C14H17BrN4O/c15-11-7-10(8-17-9-11)12-18-13(19-20-12)14(16)5-3-1-2-4-6-14/h7-9H,1-6,16H2. The largest absolute Gasteiger partial charge is 0.334 e. The van der Waals surface area contributed by atoms with Gasteiger partial charge in [0.1, 0.15) is 0 Å². The Morgan fingerprint density at radius 3 is 2.60 bits per heavy atom. The highest BCUT2D eigenvalue weighted by molar-refractivity contribution is 9.10. The van der Waals surface area contributed by atoms with E-state index in [0.717, 1.165) is 35.7 Å². The van der Waals surface area contributed by atoms with Gasteiger partial charge in [0.25, 0.3) is 5.89 Å². The molecule has 0 unspecified atom stereocenters. The van der Waals surface area contributed by atoms with Crippen LogP contribution in [-0.2, 0) is 5.54 Å². The fourth-order valence-electron chi connectivity index (χ4n) is 2.65. The molecular formula is C14H17BrN4O. The van der Waals surface area contributed by atoms with E-state index in [9.17, 15) is 0 Å². The molecule has 1 aliphatic rings. The monoisotopic (exact) mass is 336 g/mol. The van der Waals surface area contributed by atoms with Crippen molar-refractivity contribution in [2.45, 2.75) is 44.1 Å². The van der Waals surface area contributed by atoms with Gasteiger partial charge in [-0.25, -0.2) is 0 Å². The van der Waals surface area contributed by atoms with Crippen LogP contribution in [0.15, 0.2) is 27.5 Å². The van der Waals surface area contributed by atoms with Gasteiger partial charge in [0, 0.05) is 16.9 Å². The van der Waals surface area contributed by atoms with Crippen molar-refractivity contribution in [1.82, 2.24) is 15.1 Å². The van der Waals surface area contributed by atoms with E-state index in [4.69, 9.17) is 10.3 Å². The van der Waals surface area contributed by atoms with Crippen LogP contribution in [0.5, 0.6) is 0 Å². The van der Waals surface area contributed by atoms with Crippen LogP contribution in [0, 0.1) is 0 Å². The SMILES string of the molecule is NC1(c2noc(-c3cncc(Br)c3)n2)CCCCCC1. The zero-order chi connectivity index (χ0) is 14.0. The van der Waals surface area contributed by atoms with Gasteiger partial charge in [-0.3, -0.25) is 4.98 Å². The third-order valence-corrected chi connectivity index (χ3v) is 4.25. The molecule has 1 fully saturated rings. The molecule has 106 valence electrons. The van der Waals surface area contributed by atoms with Gasteiger partial charge in [-0.1, -0.05) is 30.8 Å². The second-order valence-corrected chi connectivity index (χ2v) is 6.30. The minimum Gasteiger partial charge on any atom is -0.334 e. The van der Waals surface area contributed by atoms with Gasteiger partial charge in [0.15, 0.2) is 5.82 Å². The molecule has 0 saturated heterocycles. The summed E-state index contributed by atoms with van der Waals surface area (Å²) in [6, 6.07) is 1.90. The van der Waals surface area contributed by atoms with Crippen LogP contribution in [0.4, 0.5) is 0 Å². The minimum absolute atomic E-state index is 0.447. The summed E-state index contributed by atoms with van der Waals surface area (Å²) in [5.41, 5.74) is 6.85. The van der Waals surface area contributed by atoms with Crippen molar-refractivity contribution in [3.05, 3.63) is 28.8 Å². The first-order chi connectivity index (χ1) is 9.67. The Bertz CT molecular complexity index is 590. The summed E-state index contributed by atoms with van der Waals surface area (Å²) in [4.78, 5) is 8.60. The Morgan fingerprint density at radius 2 is 1.90 bits per heavy atom. The van der Waals surface area contributed by atoms with E-state index in [1.807, 2.05) is 6.07 Å². The quantitative estimate of drug-likeness (QED) is 0.850. The van der Waals surface area contributed by atoms with Gasteiger partial charge >= 0.3 is 0 Å². The number of hydrogen-bond donors (Lipinski definition) is 1. The van der Waals surface area contributed by atoms with Crippen molar-refractivity contribution >= 4 is 15.9 Å². The second kappa shape index (κ2) is 5.61. The first kappa shape index (κ1) is 13.7. The predicted molar refractivity (Wildman–Crippen MR) is 78.8 cm³/mol. The molecule has 1 saturated carbocycles. The van der Waals surface area contributed by atoms with Gasteiger partial charge in [-0.2, -0.15) is 4.98 Å². The van der Waals surface area contributed by atoms with Crippen molar-refractivity contribution < 1.29 is 4.52 Å². The molecule has 2 aromatic rings.